The predicted octanol–water partition coefficient (Wildman–Crippen LogP) is 7.72. The molecule has 1 heterocycles. The molecule has 0 atom stereocenters. The van der Waals surface area contributed by atoms with E-state index in [9.17, 15) is 22.0 Å². The van der Waals surface area contributed by atoms with Crippen LogP contribution in [-0.4, -0.2) is 13.0 Å². The molecule has 4 rings (SSSR count). The van der Waals surface area contributed by atoms with Crippen molar-refractivity contribution in [1.82, 2.24) is 0 Å². The van der Waals surface area contributed by atoms with Crippen LogP contribution in [0.1, 0.15) is 12.5 Å². The van der Waals surface area contributed by atoms with Crippen LogP contribution in [-0.2, 0) is 6.61 Å². The molecule has 33 heavy (non-hydrogen) atoms. The third-order valence-electron chi connectivity index (χ3n) is 4.66. The van der Waals surface area contributed by atoms with E-state index >= 15 is 0 Å². The summed E-state index contributed by atoms with van der Waals surface area (Å²) in [7, 11) is 0. The van der Waals surface area contributed by atoms with Gasteiger partial charge >= 0.3 is 6.36 Å². The van der Waals surface area contributed by atoms with E-state index < -0.39 is 23.7 Å². The first-order chi connectivity index (χ1) is 15.7. The monoisotopic (exact) mass is 480 g/mol. The fraction of sp³-hybridized carbons (Fsp3) is 0.167. The summed E-state index contributed by atoms with van der Waals surface area (Å²) in [5.41, 5.74) is 1.33. The van der Waals surface area contributed by atoms with Gasteiger partial charge in [-0.3, -0.25) is 0 Å². The normalized spacial score (nSPS) is 11.6. The first-order valence-corrected chi connectivity index (χ1v) is 10.7. The number of hydrogen-bond donors (Lipinski definition) is 0. The van der Waals surface area contributed by atoms with Crippen molar-refractivity contribution in [2.45, 2.75) is 19.9 Å². The average Bonchev–Trinajstić information content (AvgIpc) is 3.17. The molecule has 0 unspecified atom stereocenters. The zero-order chi connectivity index (χ0) is 23.6. The van der Waals surface area contributed by atoms with Crippen LogP contribution in [0.2, 0.25) is 0 Å². The number of fused-ring (bicyclic) bond motifs is 1. The van der Waals surface area contributed by atoms with E-state index in [1.807, 2.05) is 31.2 Å². The number of hydrogen-bond acceptors (Lipinski definition) is 4. The molecule has 0 spiro atoms. The van der Waals surface area contributed by atoms with Gasteiger partial charge in [-0.05, 0) is 65.4 Å². The first-order valence-electron chi connectivity index (χ1n) is 9.85. The molecule has 0 N–H and O–H groups in total. The minimum atomic E-state index is -5.19. The summed E-state index contributed by atoms with van der Waals surface area (Å²) in [6.45, 7) is 2.77. The lowest BCUT2D eigenvalue weighted by Crippen LogP contribution is -2.19. The summed E-state index contributed by atoms with van der Waals surface area (Å²) in [6, 6.07) is 16.0. The van der Waals surface area contributed by atoms with Crippen LogP contribution in [0.25, 0.3) is 21.2 Å². The van der Waals surface area contributed by atoms with E-state index in [-0.39, 0.29) is 12.2 Å². The number of alkyl halides is 3. The molecule has 0 saturated carbocycles. The van der Waals surface area contributed by atoms with E-state index in [0.717, 1.165) is 38.6 Å². The zero-order valence-electron chi connectivity index (χ0n) is 17.2. The quantitative estimate of drug-likeness (QED) is 0.254. The number of benzene rings is 3. The Morgan fingerprint density at radius 3 is 2.15 bits per heavy atom. The molecular weight excluding hydrogens is 463 g/mol. The maximum Gasteiger partial charge on any atom is 0.573 e. The fourth-order valence-electron chi connectivity index (χ4n) is 3.20. The molecule has 0 bridgehead atoms. The molecule has 0 fully saturated rings. The van der Waals surface area contributed by atoms with E-state index in [1.54, 1.807) is 24.3 Å². The first kappa shape index (κ1) is 22.8. The number of rotatable bonds is 7. The Bertz CT molecular complexity index is 1240. The number of halogens is 5. The van der Waals surface area contributed by atoms with Crippen LogP contribution in [0.15, 0.2) is 60.7 Å². The Kier molecular flexibility index (Phi) is 6.42. The number of thiophene rings is 1. The molecule has 0 saturated heterocycles. The van der Waals surface area contributed by atoms with Gasteiger partial charge in [0.1, 0.15) is 12.4 Å². The maximum absolute atomic E-state index is 14.0. The van der Waals surface area contributed by atoms with Gasteiger partial charge in [0.2, 0.25) is 5.75 Å². The van der Waals surface area contributed by atoms with Crippen molar-refractivity contribution in [3.63, 3.8) is 0 Å². The van der Waals surface area contributed by atoms with Crippen molar-refractivity contribution in [1.29, 1.82) is 0 Å². The molecule has 3 aromatic carbocycles. The minimum Gasteiger partial charge on any atom is -0.494 e. The van der Waals surface area contributed by atoms with Gasteiger partial charge in [-0.15, -0.1) is 13.2 Å². The summed E-state index contributed by atoms with van der Waals surface area (Å²) in [6.07, 6.45) is -5.19. The van der Waals surface area contributed by atoms with Crippen molar-refractivity contribution in [3.05, 3.63) is 77.9 Å². The van der Waals surface area contributed by atoms with E-state index in [1.165, 1.54) is 11.3 Å². The summed E-state index contributed by atoms with van der Waals surface area (Å²) in [5, 5.41) is 1.77. The van der Waals surface area contributed by atoms with Crippen molar-refractivity contribution < 1.29 is 36.2 Å². The van der Waals surface area contributed by atoms with E-state index in [2.05, 4.69) is 4.74 Å². The van der Waals surface area contributed by atoms with Crippen molar-refractivity contribution in [2.75, 3.05) is 6.61 Å². The lowest BCUT2D eigenvalue weighted by atomic mass is 10.0. The highest BCUT2D eigenvalue weighted by molar-refractivity contribution is 7.20. The van der Waals surface area contributed by atoms with Crippen LogP contribution in [0, 0.1) is 11.6 Å². The van der Waals surface area contributed by atoms with Gasteiger partial charge < -0.3 is 14.2 Å². The third kappa shape index (κ3) is 5.54. The fourth-order valence-corrected chi connectivity index (χ4v) is 4.14. The van der Waals surface area contributed by atoms with Gasteiger partial charge in [-0.25, -0.2) is 8.78 Å². The molecule has 0 aliphatic rings. The van der Waals surface area contributed by atoms with E-state index in [4.69, 9.17) is 9.47 Å². The largest absolute Gasteiger partial charge is 0.573 e. The second kappa shape index (κ2) is 9.27. The summed E-state index contributed by atoms with van der Waals surface area (Å²) >= 11 is 1.49. The topological polar surface area (TPSA) is 27.7 Å². The highest BCUT2D eigenvalue weighted by atomic mass is 32.1. The Morgan fingerprint density at radius 1 is 0.818 bits per heavy atom. The number of ether oxygens (including phenoxy) is 3. The van der Waals surface area contributed by atoms with Crippen molar-refractivity contribution >= 4 is 21.4 Å². The molecule has 0 aliphatic carbocycles. The molecule has 9 heteroatoms. The molecule has 4 aromatic rings. The Hall–Kier alpha value is -3.33. The molecule has 172 valence electrons. The van der Waals surface area contributed by atoms with Gasteiger partial charge in [0.15, 0.2) is 16.7 Å². The summed E-state index contributed by atoms with van der Waals surface area (Å²) in [5.74, 6) is -3.56. The Morgan fingerprint density at radius 2 is 1.52 bits per heavy atom. The van der Waals surface area contributed by atoms with Crippen LogP contribution in [0.3, 0.4) is 0 Å². The zero-order valence-corrected chi connectivity index (χ0v) is 18.0. The van der Waals surface area contributed by atoms with Crippen molar-refractivity contribution in [2.24, 2.45) is 0 Å². The van der Waals surface area contributed by atoms with Gasteiger partial charge in [-0.2, -0.15) is 0 Å². The van der Waals surface area contributed by atoms with Crippen molar-refractivity contribution in [3.8, 4) is 27.7 Å². The van der Waals surface area contributed by atoms with Crippen LogP contribution >= 0.6 is 11.3 Å². The SMILES string of the molecule is CCOc1ccc2cc(OCc3ccc(-c4cc(F)c(OC(F)(F)F)c(F)c4)cc3)sc2c1. The molecule has 0 amide bonds. The van der Waals surface area contributed by atoms with E-state index in [0.29, 0.717) is 12.2 Å². The lowest BCUT2D eigenvalue weighted by molar-refractivity contribution is -0.276. The smallest absolute Gasteiger partial charge is 0.494 e. The minimum absolute atomic E-state index is 0.0848. The highest BCUT2D eigenvalue weighted by Gasteiger charge is 2.34. The Labute approximate surface area is 189 Å². The molecule has 0 radical (unpaired) electrons. The summed E-state index contributed by atoms with van der Waals surface area (Å²) in [4.78, 5) is 0. The summed E-state index contributed by atoms with van der Waals surface area (Å²) < 4.78 is 80.7. The molecule has 0 aliphatic heterocycles. The lowest BCUT2D eigenvalue weighted by Gasteiger charge is -2.12. The third-order valence-corrected chi connectivity index (χ3v) is 5.67. The molecular formula is C24H17F5O3S. The molecule has 3 nitrogen and oxygen atoms in total. The average molecular weight is 480 g/mol. The van der Waals surface area contributed by atoms with Gasteiger partial charge in [-0.1, -0.05) is 35.6 Å². The standard InChI is InChI=1S/C24H17F5O3S/c1-2-30-18-8-7-16-11-22(33-21(16)12-18)31-13-14-3-5-15(6-4-14)17-9-19(25)23(20(26)10-17)32-24(27,28)29/h3-12H,2,13H2,1H3. The second-order valence-corrected chi connectivity index (χ2v) is 8.05. The molecule has 1 aromatic heterocycles. The van der Waals surface area contributed by atoms with Gasteiger partial charge in [0.25, 0.3) is 0 Å². The maximum atomic E-state index is 14.0. The van der Waals surface area contributed by atoms with Gasteiger partial charge in [0, 0.05) is 4.70 Å². The van der Waals surface area contributed by atoms with Crippen LogP contribution in [0.5, 0.6) is 16.6 Å². The van der Waals surface area contributed by atoms with Crippen LogP contribution < -0.4 is 14.2 Å². The van der Waals surface area contributed by atoms with Crippen LogP contribution in [0.4, 0.5) is 22.0 Å². The second-order valence-electron chi connectivity index (χ2n) is 7.00. The Balaban J connectivity index is 1.45. The highest BCUT2D eigenvalue weighted by Crippen LogP contribution is 2.35. The van der Waals surface area contributed by atoms with Gasteiger partial charge in [0.05, 0.1) is 6.61 Å². The predicted molar refractivity (Wildman–Crippen MR) is 116 cm³/mol.